The van der Waals surface area contributed by atoms with Crippen molar-refractivity contribution in [1.29, 1.82) is 0 Å². The number of piperazine rings is 1. The summed E-state index contributed by atoms with van der Waals surface area (Å²) in [6, 6.07) is 24.0. The number of carbonyl (C=O) groups is 2. The molecule has 0 radical (unpaired) electrons. The number of carboxylic acid groups (broad SMARTS) is 2. The van der Waals surface area contributed by atoms with Crippen molar-refractivity contribution < 1.29 is 28.2 Å². The van der Waals surface area contributed by atoms with Crippen LogP contribution in [-0.2, 0) is 32.7 Å². The maximum atomic E-state index is 12.9. The van der Waals surface area contributed by atoms with E-state index in [1.165, 1.54) is 27.4 Å². The largest absolute Gasteiger partial charge is 0.473 e. The Hall–Kier alpha value is -3.73. The first-order valence-electron chi connectivity index (χ1n) is 12.0. The van der Waals surface area contributed by atoms with Crippen LogP contribution in [0, 0.1) is 0 Å². The number of nitrogens with zero attached hydrogens (tertiary/aromatic N) is 3. The summed E-state index contributed by atoms with van der Waals surface area (Å²) in [7, 11) is -3.41. The summed E-state index contributed by atoms with van der Waals surface area (Å²) in [5.74, 6) is -3.65. The molecule has 194 valence electrons. The molecule has 0 bridgehead atoms. The van der Waals surface area contributed by atoms with Crippen LogP contribution in [0.1, 0.15) is 12.5 Å². The number of aromatic nitrogens is 1. The van der Waals surface area contributed by atoms with Crippen molar-refractivity contribution in [2.45, 2.75) is 24.9 Å². The number of sulfonamides is 1. The van der Waals surface area contributed by atoms with E-state index in [2.05, 4.69) is 58.9 Å². The van der Waals surface area contributed by atoms with Gasteiger partial charge in [-0.2, -0.15) is 4.31 Å². The van der Waals surface area contributed by atoms with Crippen molar-refractivity contribution in [3.63, 3.8) is 0 Å². The fourth-order valence-electron chi connectivity index (χ4n) is 4.67. The second-order valence-corrected chi connectivity index (χ2v) is 10.7. The Morgan fingerprint density at radius 3 is 2.00 bits per heavy atom. The Morgan fingerprint density at radius 1 is 0.784 bits per heavy atom. The topological polar surface area (TPSA) is 120 Å². The Balaban J connectivity index is 0.000000480. The molecule has 1 fully saturated rings. The molecule has 0 aliphatic carbocycles. The first-order valence-corrected chi connectivity index (χ1v) is 13.4. The van der Waals surface area contributed by atoms with Crippen molar-refractivity contribution >= 4 is 43.8 Å². The Bertz CT molecular complexity index is 1510. The molecule has 1 aliphatic heterocycles. The Morgan fingerprint density at radius 2 is 1.38 bits per heavy atom. The van der Waals surface area contributed by atoms with Gasteiger partial charge < -0.3 is 14.8 Å². The van der Waals surface area contributed by atoms with E-state index < -0.39 is 22.0 Å². The number of hydrogen-bond acceptors (Lipinski definition) is 5. The van der Waals surface area contributed by atoms with Crippen molar-refractivity contribution in [3.05, 3.63) is 78.4 Å². The second-order valence-electron chi connectivity index (χ2n) is 8.72. The fourth-order valence-corrected chi connectivity index (χ4v) is 6.11. The van der Waals surface area contributed by atoms with Gasteiger partial charge in [-0.25, -0.2) is 18.0 Å². The average molecular weight is 524 g/mol. The quantitative estimate of drug-likeness (QED) is 0.384. The second kappa shape index (κ2) is 11.1. The number of hydrogen-bond donors (Lipinski definition) is 2. The third kappa shape index (κ3) is 5.66. The van der Waals surface area contributed by atoms with Gasteiger partial charge in [0.05, 0.1) is 4.90 Å². The fraction of sp³-hybridized carbons (Fsp3) is 0.259. The van der Waals surface area contributed by atoms with Crippen LogP contribution in [0.3, 0.4) is 0 Å². The molecule has 3 aromatic carbocycles. The van der Waals surface area contributed by atoms with E-state index in [0.29, 0.717) is 18.0 Å². The lowest BCUT2D eigenvalue weighted by molar-refractivity contribution is -0.159. The molecule has 1 saturated heterocycles. The summed E-state index contributed by atoms with van der Waals surface area (Å²) in [5.41, 5.74) is 3.81. The molecule has 0 unspecified atom stereocenters. The summed E-state index contributed by atoms with van der Waals surface area (Å²) in [6.45, 7) is 6.48. The van der Waals surface area contributed by atoms with Crippen LogP contribution in [0.5, 0.6) is 0 Å². The maximum absolute atomic E-state index is 12.9. The number of fused-ring (bicyclic) bond motifs is 3. The van der Waals surface area contributed by atoms with E-state index in [1.807, 2.05) is 6.07 Å². The number of carboxylic acids is 2. The van der Waals surface area contributed by atoms with Crippen LogP contribution < -0.4 is 0 Å². The molecule has 0 spiro atoms. The standard InChI is InChI=1S/C25H27N3O2S.C2H2O4/c1-2-28-24-11-7-6-10-22(24)23-18-20(12-13-25(23)28)19-26-14-16-27(17-15-26)31(29,30)21-8-4-3-5-9-21;3-1(4)2(5)6/h3-13,18H,2,14-17,19H2,1H3;(H,3,4)(H,5,6). The van der Waals surface area contributed by atoms with Gasteiger partial charge in [0.25, 0.3) is 0 Å². The molecule has 5 rings (SSSR count). The summed E-state index contributed by atoms with van der Waals surface area (Å²) < 4.78 is 29.7. The van der Waals surface area contributed by atoms with Gasteiger partial charge in [-0.15, -0.1) is 0 Å². The van der Waals surface area contributed by atoms with Crippen molar-refractivity contribution in [2.75, 3.05) is 26.2 Å². The summed E-state index contributed by atoms with van der Waals surface area (Å²) in [5, 5.41) is 17.4. The minimum atomic E-state index is -3.41. The van der Waals surface area contributed by atoms with Gasteiger partial charge in [0.15, 0.2) is 0 Å². The highest BCUT2D eigenvalue weighted by Gasteiger charge is 2.28. The molecule has 1 aromatic heterocycles. The highest BCUT2D eigenvalue weighted by Crippen LogP contribution is 2.30. The van der Waals surface area contributed by atoms with Gasteiger partial charge in [-0.05, 0) is 42.8 Å². The van der Waals surface area contributed by atoms with Crippen molar-refractivity contribution in [2.24, 2.45) is 0 Å². The Labute approximate surface area is 215 Å². The van der Waals surface area contributed by atoms with E-state index in [1.54, 1.807) is 28.6 Å². The van der Waals surface area contributed by atoms with Crippen molar-refractivity contribution in [1.82, 2.24) is 13.8 Å². The molecule has 0 atom stereocenters. The van der Waals surface area contributed by atoms with Crippen molar-refractivity contribution in [3.8, 4) is 0 Å². The summed E-state index contributed by atoms with van der Waals surface area (Å²) in [6.07, 6.45) is 0. The monoisotopic (exact) mass is 523 g/mol. The van der Waals surface area contributed by atoms with Crippen LogP contribution in [0.15, 0.2) is 77.7 Å². The third-order valence-electron chi connectivity index (χ3n) is 6.45. The lowest BCUT2D eigenvalue weighted by Gasteiger charge is -2.34. The highest BCUT2D eigenvalue weighted by molar-refractivity contribution is 7.89. The number of aliphatic carboxylic acids is 2. The SMILES string of the molecule is CCn1c2ccccc2c2cc(CN3CCN(S(=O)(=O)c4ccccc4)CC3)ccc21.O=C(O)C(=O)O. The third-order valence-corrected chi connectivity index (χ3v) is 8.37. The molecule has 4 aromatic rings. The first-order chi connectivity index (χ1) is 17.7. The summed E-state index contributed by atoms with van der Waals surface area (Å²) in [4.78, 5) is 20.9. The molecule has 10 heteroatoms. The zero-order chi connectivity index (χ0) is 26.6. The predicted octanol–water partition coefficient (Wildman–Crippen LogP) is 3.48. The molecular formula is C27H29N3O6S. The van der Waals surface area contributed by atoms with Crippen LogP contribution >= 0.6 is 0 Å². The minimum Gasteiger partial charge on any atom is -0.473 e. The number of aryl methyl sites for hydroxylation is 1. The minimum absolute atomic E-state index is 0.376. The van der Waals surface area contributed by atoms with Crippen LogP contribution in [0.4, 0.5) is 0 Å². The van der Waals surface area contributed by atoms with Gasteiger partial charge in [0.2, 0.25) is 10.0 Å². The average Bonchev–Trinajstić information content (AvgIpc) is 3.23. The highest BCUT2D eigenvalue weighted by atomic mass is 32.2. The molecule has 0 amide bonds. The summed E-state index contributed by atoms with van der Waals surface area (Å²) >= 11 is 0. The zero-order valence-corrected chi connectivity index (χ0v) is 21.3. The number of benzene rings is 3. The molecule has 37 heavy (non-hydrogen) atoms. The smallest absolute Gasteiger partial charge is 0.414 e. The predicted molar refractivity (Wildman–Crippen MR) is 141 cm³/mol. The number of rotatable bonds is 5. The van der Waals surface area contributed by atoms with E-state index in [4.69, 9.17) is 19.8 Å². The van der Waals surface area contributed by atoms with Crippen LogP contribution in [0.25, 0.3) is 21.8 Å². The normalized spacial score (nSPS) is 14.8. The van der Waals surface area contributed by atoms with Gasteiger partial charge in [-0.1, -0.05) is 42.5 Å². The lowest BCUT2D eigenvalue weighted by Crippen LogP contribution is -2.48. The zero-order valence-electron chi connectivity index (χ0n) is 20.4. The molecule has 2 heterocycles. The van der Waals surface area contributed by atoms with E-state index in [-0.39, 0.29) is 0 Å². The Kier molecular flexibility index (Phi) is 7.91. The molecule has 0 saturated carbocycles. The van der Waals surface area contributed by atoms with E-state index >= 15 is 0 Å². The van der Waals surface area contributed by atoms with E-state index in [9.17, 15) is 8.42 Å². The molecule has 9 nitrogen and oxygen atoms in total. The van der Waals surface area contributed by atoms with Gasteiger partial charge in [0.1, 0.15) is 0 Å². The lowest BCUT2D eigenvalue weighted by atomic mass is 10.1. The molecule has 1 aliphatic rings. The molecular weight excluding hydrogens is 494 g/mol. The van der Waals surface area contributed by atoms with Crippen LogP contribution in [0.2, 0.25) is 0 Å². The number of para-hydroxylation sites is 1. The van der Waals surface area contributed by atoms with Gasteiger partial charge in [-0.3, -0.25) is 4.90 Å². The maximum Gasteiger partial charge on any atom is 0.414 e. The molecule has 2 N–H and O–H groups in total. The first kappa shape index (κ1) is 26.3. The van der Waals surface area contributed by atoms with E-state index in [0.717, 1.165) is 26.2 Å². The van der Waals surface area contributed by atoms with Gasteiger partial charge in [0, 0.05) is 61.1 Å². The van der Waals surface area contributed by atoms with Gasteiger partial charge >= 0.3 is 11.9 Å². The van der Waals surface area contributed by atoms with Crippen LogP contribution in [-0.4, -0.2) is 70.5 Å².